The fraction of sp³-hybridized carbons (Fsp3) is 0.0500. The Morgan fingerprint density at radius 2 is 1.92 bits per heavy atom. The first-order valence-electron chi connectivity index (χ1n) is 8.01. The lowest BCUT2D eigenvalue weighted by Gasteiger charge is -1.99. The summed E-state index contributed by atoms with van der Waals surface area (Å²) in [4.78, 5) is 12.1. The summed E-state index contributed by atoms with van der Waals surface area (Å²) < 4.78 is 5.13. The summed E-state index contributed by atoms with van der Waals surface area (Å²) in [5.74, 6) is 0.404. The molecule has 2 N–H and O–H groups in total. The Kier molecular flexibility index (Phi) is 5.57. The van der Waals surface area contributed by atoms with E-state index in [2.05, 4.69) is 20.7 Å². The molecule has 0 radical (unpaired) electrons. The Morgan fingerprint density at radius 1 is 1.15 bits per heavy atom. The predicted octanol–water partition coefficient (Wildman–Crippen LogP) is 3.51. The predicted molar refractivity (Wildman–Crippen MR) is 102 cm³/mol. The minimum Gasteiger partial charge on any atom is -0.497 e. The lowest BCUT2D eigenvalue weighted by Crippen LogP contribution is -2.17. The van der Waals surface area contributed by atoms with Crippen molar-refractivity contribution in [2.75, 3.05) is 7.11 Å². The standard InChI is InChI=1S/C20H18N4O2/c1-26-17-11-9-16(10-12-17)18-14-19(23-22-18)20(25)24-21-13-5-8-15-6-3-2-4-7-15/h2-14H,1H3,(H,22,23)(H,24,25)/b8-5+,21-13+. The second kappa shape index (κ2) is 8.43. The third-order valence-corrected chi connectivity index (χ3v) is 3.62. The number of methoxy groups -OCH3 is 1. The molecule has 0 aliphatic rings. The van der Waals surface area contributed by atoms with Gasteiger partial charge in [0.25, 0.3) is 5.91 Å². The molecular weight excluding hydrogens is 328 g/mol. The number of hydrogen-bond donors (Lipinski definition) is 2. The van der Waals surface area contributed by atoms with E-state index in [0.29, 0.717) is 11.4 Å². The molecule has 3 rings (SSSR count). The first kappa shape index (κ1) is 17.2. The molecule has 1 heterocycles. The molecule has 6 heteroatoms. The van der Waals surface area contributed by atoms with Gasteiger partial charge in [0.2, 0.25) is 0 Å². The fourth-order valence-corrected chi connectivity index (χ4v) is 2.27. The molecule has 0 aliphatic carbocycles. The quantitative estimate of drug-likeness (QED) is 0.529. The summed E-state index contributed by atoms with van der Waals surface area (Å²) in [6, 6.07) is 18.9. The van der Waals surface area contributed by atoms with Crippen molar-refractivity contribution in [2.24, 2.45) is 5.10 Å². The average Bonchev–Trinajstić information content (AvgIpc) is 3.19. The maximum atomic E-state index is 12.1. The molecule has 3 aromatic rings. The molecule has 130 valence electrons. The van der Waals surface area contributed by atoms with Crippen molar-refractivity contribution in [3.8, 4) is 17.0 Å². The number of allylic oxidation sites excluding steroid dienone is 1. The second-order valence-electron chi connectivity index (χ2n) is 5.38. The Labute approximate surface area is 151 Å². The highest BCUT2D eigenvalue weighted by Gasteiger charge is 2.10. The number of amides is 1. The van der Waals surface area contributed by atoms with Gasteiger partial charge in [0.05, 0.1) is 12.8 Å². The molecule has 0 spiro atoms. The first-order chi connectivity index (χ1) is 12.8. The molecule has 0 atom stereocenters. The third-order valence-electron chi connectivity index (χ3n) is 3.62. The van der Waals surface area contributed by atoms with E-state index in [0.717, 1.165) is 16.9 Å². The van der Waals surface area contributed by atoms with Crippen molar-refractivity contribution in [1.82, 2.24) is 15.6 Å². The molecule has 0 bridgehead atoms. The van der Waals surface area contributed by atoms with Gasteiger partial charge in [0, 0.05) is 11.8 Å². The minimum absolute atomic E-state index is 0.333. The highest BCUT2D eigenvalue weighted by atomic mass is 16.5. The Bertz CT molecular complexity index is 912. The van der Waals surface area contributed by atoms with Gasteiger partial charge in [-0.2, -0.15) is 10.2 Å². The van der Waals surface area contributed by atoms with Gasteiger partial charge < -0.3 is 4.74 Å². The van der Waals surface area contributed by atoms with Gasteiger partial charge in [0.15, 0.2) is 0 Å². The van der Waals surface area contributed by atoms with Gasteiger partial charge in [0.1, 0.15) is 11.4 Å². The number of carbonyl (C=O) groups excluding carboxylic acids is 1. The van der Waals surface area contributed by atoms with Crippen molar-refractivity contribution < 1.29 is 9.53 Å². The fourth-order valence-electron chi connectivity index (χ4n) is 2.27. The monoisotopic (exact) mass is 346 g/mol. The van der Waals surface area contributed by atoms with E-state index in [9.17, 15) is 4.79 Å². The number of hydrazone groups is 1. The van der Waals surface area contributed by atoms with Crippen LogP contribution in [0.15, 0.2) is 71.8 Å². The van der Waals surface area contributed by atoms with Crippen molar-refractivity contribution in [2.45, 2.75) is 0 Å². The number of ether oxygens (including phenoxy) is 1. The molecule has 0 unspecified atom stereocenters. The highest BCUT2D eigenvalue weighted by Crippen LogP contribution is 2.21. The zero-order chi connectivity index (χ0) is 18.2. The van der Waals surface area contributed by atoms with Gasteiger partial charge in [-0.1, -0.05) is 36.4 Å². The summed E-state index contributed by atoms with van der Waals surface area (Å²) in [6.45, 7) is 0. The summed E-state index contributed by atoms with van der Waals surface area (Å²) in [6.07, 6.45) is 5.17. The van der Waals surface area contributed by atoms with Crippen LogP contribution in [-0.4, -0.2) is 29.4 Å². The van der Waals surface area contributed by atoms with Crippen LogP contribution in [0.1, 0.15) is 16.1 Å². The van der Waals surface area contributed by atoms with E-state index < -0.39 is 0 Å². The van der Waals surface area contributed by atoms with Crippen molar-refractivity contribution in [3.63, 3.8) is 0 Å². The van der Waals surface area contributed by atoms with Gasteiger partial charge >= 0.3 is 0 Å². The molecule has 2 aromatic carbocycles. The van der Waals surface area contributed by atoms with Crippen LogP contribution < -0.4 is 10.2 Å². The van der Waals surface area contributed by atoms with E-state index in [-0.39, 0.29) is 5.91 Å². The molecule has 6 nitrogen and oxygen atoms in total. The maximum absolute atomic E-state index is 12.1. The maximum Gasteiger partial charge on any atom is 0.289 e. The van der Waals surface area contributed by atoms with Crippen LogP contribution in [0.5, 0.6) is 5.75 Å². The zero-order valence-electron chi connectivity index (χ0n) is 14.2. The summed E-state index contributed by atoms with van der Waals surface area (Å²) in [5, 5.41) is 10.8. The molecule has 0 aliphatic heterocycles. The summed E-state index contributed by atoms with van der Waals surface area (Å²) >= 11 is 0. The Hall–Kier alpha value is -3.67. The normalized spacial score (nSPS) is 11.1. The topological polar surface area (TPSA) is 79.4 Å². The van der Waals surface area contributed by atoms with Crippen LogP contribution in [0.4, 0.5) is 0 Å². The van der Waals surface area contributed by atoms with Crippen molar-refractivity contribution >= 4 is 18.2 Å². The largest absolute Gasteiger partial charge is 0.497 e. The molecule has 0 fully saturated rings. The first-order valence-corrected chi connectivity index (χ1v) is 8.01. The van der Waals surface area contributed by atoms with Crippen LogP contribution in [0.2, 0.25) is 0 Å². The highest BCUT2D eigenvalue weighted by molar-refractivity contribution is 5.94. The minimum atomic E-state index is -0.360. The number of H-pyrrole nitrogens is 1. The number of aromatic nitrogens is 2. The lowest BCUT2D eigenvalue weighted by atomic mass is 10.1. The molecule has 1 aromatic heterocycles. The van der Waals surface area contributed by atoms with Gasteiger partial charge in [-0.15, -0.1) is 0 Å². The molecule has 1 amide bonds. The van der Waals surface area contributed by atoms with E-state index in [1.165, 1.54) is 6.21 Å². The third kappa shape index (κ3) is 4.45. The van der Waals surface area contributed by atoms with Gasteiger partial charge in [-0.25, -0.2) is 5.43 Å². The number of carbonyl (C=O) groups is 1. The van der Waals surface area contributed by atoms with Crippen molar-refractivity contribution in [3.05, 3.63) is 78.0 Å². The van der Waals surface area contributed by atoms with Crippen LogP contribution >= 0.6 is 0 Å². The van der Waals surface area contributed by atoms with Crippen LogP contribution in [0, 0.1) is 0 Å². The zero-order valence-corrected chi connectivity index (χ0v) is 14.2. The summed E-state index contributed by atoms with van der Waals surface area (Å²) in [7, 11) is 1.61. The summed E-state index contributed by atoms with van der Waals surface area (Å²) in [5.41, 5.74) is 5.40. The number of nitrogens with zero attached hydrogens (tertiary/aromatic N) is 2. The number of nitrogens with one attached hydrogen (secondary N) is 2. The number of aromatic amines is 1. The van der Waals surface area contributed by atoms with Crippen molar-refractivity contribution in [1.29, 1.82) is 0 Å². The van der Waals surface area contributed by atoms with Gasteiger partial charge in [-0.05, 0) is 42.0 Å². The molecular formula is C20H18N4O2. The average molecular weight is 346 g/mol. The van der Waals surface area contributed by atoms with Crippen LogP contribution in [0.25, 0.3) is 17.3 Å². The number of benzene rings is 2. The molecule has 0 saturated carbocycles. The number of hydrogen-bond acceptors (Lipinski definition) is 4. The van der Waals surface area contributed by atoms with Crippen LogP contribution in [0.3, 0.4) is 0 Å². The smallest absolute Gasteiger partial charge is 0.289 e. The van der Waals surface area contributed by atoms with Crippen LogP contribution in [-0.2, 0) is 0 Å². The second-order valence-corrected chi connectivity index (χ2v) is 5.38. The lowest BCUT2D eigenvalue weighted by molar-refractivity contribution is 0.0950. The SMILES string of the molecule is COc1ccc(-c2cc(C(=O)N/N=C/C=C/c3ccccc3)[nH]n2)cc1. The van der Waals surface area contributed by atoms with E-state index >= 15 is 0 Å². The van der Waals surface area contributed by atoms with E-state index in [1.807, 2.05) is 60.7 Å². The van der Waals surface area contributed by atoms with E-state index in [4.69, 9.17) is 4.74 Å². The molecule has 0 saturated heterocycles. The van der Waals surface area contributed by atoms with E-state index in [1.54, 1.807) is 19.3 Å². The van der Waals surface area contributed by atoms with Gasteiger partial charge in [-0.3, -0.25) is 9.89 Å². The Morgan fingerprint density at radius 3 is 2.65 bits per heavy atom. The Balaban J connectivity index is 1.57. The molecule has 26 heavy (non-hydrogen) atoms. The number of rotatable bonds is 6.